The normalized spacial score (nSPS) is 13.5. The van der Waals surface area contributed by atoms with Crippen LogP contribution < -0.4 is 10.6 Å². The van der Waals surface area contributed by atoms with Gasteiger partial charge in [0, 0.05) is 31.0 Å². The van der Waals surface area contributed by atoms with E-state index in [0.29, 0.717) is 12.8 Å². The van der Waals surface area contributed by atoms with Gasteiger partial charge in [0.05, 0.1) is 0 Å². The minimum Gasteiger partial charge on any atom is -0.326 e. The molecule has 1 amide bonds. The van der Waals surface area contributed by atoms with Gasteiger partial charge in [0.15, 0.2) is 0 Å². The second-order valence-electron chi connectivity index (χ2n) is 5.28. The van der Waals surface area contributed by atoms with Gasteiger partial charge in [0.25, 0.3) is 0 Å². The van der Waals surface area contributed by atoms with Gasteiger partial charge in [-0.2, -0.15) is 0 Å². The highest BCUT2D eigenvalue weighted by Crippen LogP contribution is 2.23. The molecule has 21 heavy (non-hydrogen) atoms. The molecule has 0 spiro atoms. The van der Waals surface area contributed by atoms with Gasteiger partial charge >= 0.3 is 0 Å². The summed E-state index contributed by atoms with van der Waals surface area (Å²) >= 11 is 0. The zero-order chi connectivity index (χ0) is 14.5. The van der Waals surface area contributed by atoms with Crippen molar-refractivity contribution in [2.24, 2.45) is 0 Å². The number of nitrogens with zero attached hydrogens (tertiary/aromatic N) is 1. The first-order valence-corrected chi connectivity index (χ1v) is 7.33. The van der Waals surface area contributed by atoms with E-state index in [1.807, 2.05) is 30.5 Å². The maximum absolute atomic E-state index is 12.1. The molecule has 1 aromatic carbocycles. The highest BCUT2D eigenvalue weighted by Gasteiger charge is 2.13. The van der Waals surface area contributed by atoms with E-state index >= 15 is 0 Å². The first-order valence-electron chi connectivity index (χ1n) is 7.33. The van der Waals surface area contributed by atoms with Gasteiger partial charge < -0.3 is 10.6 Å². The van der Waals surface area contributed by atoms with Gasteiger partial charge in [0.2, 0.25) is 5.91 Å². The fourth-order valence-corrected chi connectivity index (χ4v) is 2.65. The molecule has 0 atom stereocenters. The number of nitrogens with one attached hydrogen (secondary N) is 2. The molecule has 2 aromatic rings. The second kappa shape index (κ2) is 6.50. The zero-order valence-electron chi connectivity index (χ0n) is 11.9. The van der Waals surface area contributed by atoms with Crippen LogP contribution in [0.3, 0.4) is 0 Å². The SMILES string of the molecule is O=C(CCc1cccnc1)Nc1cccc2c1CNCC2. The molecular weight excluding hydrogens is 262 g/mol. The first kappa shape index (κ1) is 13.8. The Balaban J connectivity index is 1.63. The maximum Gasteiger partial charge on any atom is 0.224 e. The van der Waals surface area contributed by atoms with Crippen molar-refractivity contribution in [3.05, 3.63) is 59.4 Å². The third-order valence-corrected chi connectivity index (χ3v) is 3.78. The summed E-state index contributed by atoms with van der Waals surface area (Å²) in [4.78, 5) is 16.2. The van der Waals surface area contributed by atoms with Crippen LogP contribution in [0.4, 0.5) is 5.69 Å². The van der Waals surface area contributed by atoms with Crippen LogP contribution in [0.1, 0.15) is 23.1 Å². The number of anilines is 1. The van der Waals surface area contributed by atoms with E-state index in [4.69, 9.17) is 0 Å². The maximum atomic E-state index is 12.1. The summed E-state index contributed by atoms with van der Waals surface area (Å²) in [6.45, 7) is 1.83. The number of hydrogen-bond donors (Lipinski definition) is 2. The molecule has 1 aliphatic heterocycles. The van der Waals surface area contributed by atoms with Crippen LogP contribution >= 0.6 is 0 Å². The van der Waals surface area contributed by atoms with Crippen molar-refractivity contribution in [3.63, 3.8) is 0 Å². The molecule has 0 bridgehead atoms. The average molecular weight is 281 g/mol. The molecule has 0 saturated heterocycles. The Morgan fingerprint density at radius 3 is 3.10 bits per heavy atom. The van der Waals surface area contributed by atoms with Gasteiger partial charge in [-0.1, -0.05) is 18.2 Å². The standard InChI is InChI=1S/C17H19N3O/c21-17(7-6-13-3-2-9-18-11-13)20-16-5-1-4-14-8-10-19-12-15(14)16/h1-5,9,11,19H,6-8,10,12H2,(H,20,21). The van der Waals surface area contributed by atoms with Crippen LogP contribution in [0.5, 0.6) is 0 Å². The molecule has 3 rings (SSSR count). The number of fused-ring (bicyclic) bond motifs is 1. The number of pyridine rings is 1. The van der Waals surface area contributed by atoms with E-state index in [0.717, 1.165) is 30.8 Å². The summed E-state index contributed by atoms with van der Waals surface area (Å²) in [5.74, 6) is 0.0535. The Morgan fingerprint density at radius 1 is 1.29 bits per heavy atom. The Labute approximate surface area is 124 Å². The monoisotopic (exact) mass is 281 g/mol. The number of benzene rings is 1. The zero-order valence-corrected chi connectivity index (χ0v) is 11.9. The molecule has 0 radical (unpaired) electrons. The van der Waals surface area contributed by atoms with Crippen molar-refractivity contribution in [2.75, 3.05) is 11.9 Å². The molecule has 4 nitrogen and oxygen atoms in total. The van der Waals surface area contributed by atoms with Crippen molar-refractivity contribution in [1.82, 2.24) is 10.3 Å². The van der Waals surface area contributed by atoms with Crippen LogP contribution in [0.15, 0.2) is 42.7 Å². The molecule has 1 aliphatic rings. The van der Waals surface area contributed by atoms with Crippen molar-refractivity contribution in [2.45, 2.75) is 25.8 Å². The highest BCUT2D eigenvalue weighted by molar-refractivity contribution is 5.91. The summed E-state index contributed by atoms with van der Waals surface area (Å²) in [6.07, 6.45) is 5.76. The lowest BCUT2D eigenvalue weighted by Crippen LogP contribution is -2.25. The van der Waals surface area contributed by atoms with Crippen molar-refractivity contribution in [1.29, 1.82) is 0 Å². The summed E-state index contributed by atoms with van der Waals surface area (Å²) in [6, 6.07) is 10.0. The number of rotatable bonds is 4. The van der Waals surface area contributed by atoms with Gasteiger partial charge in [-0.05, 0) is 48.2 Å². The topological polar surface area (TPSA) is 54.0 Å². The van der Waals surface area contributed by atoms with E-state index in [2.05, 4.69) is 21.7 Å². The molecule has 0 unspecified atom stereocenters. The lowest BCUT2D eigenvalue weighted by Gasteiger charge is -2.20. The molecule has 0 fully saturated rings. The Hall–Kier alpha value is -2.20. The molecular formula is C17H19N3O. The summed E-state index contributed by atoms with van der Waals surface area (Å²) < 4.78 is 0. The molecule has 0 aliphatic carbocycles. The number of carbonyl (C=O) groups is 1. The van der Waals surface area contributed by atoms with Gasteiger partial charge in [0.1, 0.15) is 0 Å². The van der Waals surface area contributed by atoms with Crippen LogP contribution in [0.25, 0.3) is 0 Å². The van der Waals surface area contributed by atoms with Gasteiger partial charge in [-0.15, -0.1) is 0 Å². The van der Waals surface area contributed by atoms with E-state index in [1.54, 1.807) is 6.20 Å². The first-order chi connectivity index (χ1) is 10.3. The van der Waals surface area contributed by atoms with E-state index < -0.39 is 0 Å². The minimum atomic E-state index is 0.0535. The summed E-state index contributed by atoms with van der Waals surface area (Å²) in [5, 5.41) is 6.39. The molecule has 1 aromatic heterocycles. The fourth-order valence-electron chi connectivity index (χ4n) is 2.65. The smallest absolute Gasteiger partial charge is 0.224 e. The predicted octanol–water partition coefficient (Wildman–Crippen LogP) is 2.30. The number of carbonyl (C=O) groups excluding carboxylic acids is 1. The van der Waals surface area contributed by atoms with Crippen LogP contribution in [-0.2, 0) is 24.2 Å². The van der Waals surface area contributed by atoms with Crippen LogP contribution in [0.2, 0.25) is 0 Å². The molecule has 2 N–H and O–H groups in total. The van der Waals surface area contributed by atoms with Gasteiger partial charge in [-0.25, -0.2) is 0 Å². The second-order valence-corrected chi connectivity index (χ2v) is 5.28. The Morgan fingerprint density at radius 2 is 2.24 bits per heavy atom. The van der Waals surface area contributed by atoms with Crippen LogP contribution in [-0.4, -0.2) is 17.4 Å². The molecule has 108 valence electrons. The fraction of sp³-hybridized carbons (Fsp3) is 0.294. The largest absolute Gasteiger partial charge is 0.326 e. The number of aromatic nitrogens is 1. The summed E-state index contributed by atoms with van der Waals surface area (Å²) in [7, 11) is 0. The minimum absolute atomic E-state index is 0.0535. The van der Waals surface area contributed by atoms with Crippen molar-refractivity contribution in [3.8, 4) is 0 Å². The lowest BCUT2D eigenvalue weighted by atomic mass is 9.99. The molecule has 0 saturated carbocycles. The third-order valence-electron chi connectivity index (χ3n) is 3.78. The summed E-state index contributed by atoms with van der Waals surface area (Å²) in [5.41, 5.74) is 4.58. The van der Waals surface area contributed by atoms with E-state index in [1.165, 1.54) is 11.1 Å². The van der Waals surface area contributed by atoms with E-state index in [9.17, 15) is 4.79 Å². The van der Waals surface area contributed by atoms with Gasteiger partial charge in [-0.3, -0.25) is 9.78 Å². The van der Waals surface area contributed by atoms with Crippen LogP contribution in [0, 0.1) is 0 Å². The Bertz CT molecular complexity index is 625. The number of hydrogen-bond acceptors (Lipinski definition) is 3. The molecule has 4 heteroatoms. The Kier molecular flexibility index (Phi) is 4.26. The van der Waals surface area contributed by atoms with Crippen molar-refractivity contribution >= 4 is 11.6 Å². The lowest BCUT2D eigenvalue weighted by molar-refractivity contribution is -0.116. The number of aryl methyl sites for hydroxylation is 1. The third kappa shape index (κ3) is 3.47. The quantitative estimate of drug-likeness (QED) is 0.904. The molecule has 2 heterocycles. The highest BCUT2D eigenvalue weighted by atomic mass is 16.1. The predicted molar refractivity (Wildman–Crippen MR) is 83.0 cm³/mol. The van der Waals surface area contributed by atoms with E-state index in [-0.39, 0.29) is 5.91 Å². The van der Waals surface area contributed by atoms with Crippen molar-refractivity contribution < 1.29 is 4.79 Å². The average Bonchev–Trinajstić information content (AvgIpc) is 2.54. The number of amides is 1.